The Morgan fingerprint density at radius 3 is 2.69 bits per heavy atom. The first kappa shape index (κ1) is 19.2. The van der Waals surface area contributed by atoms with Crippen LogP contribution in [0.5, 0.6) is 5.75 Å². The van der Waals surface area contributed by atoms with E-state index in [4.69, 9.17) is 4.74 Å². The molecule has 0 atom stereocenters. The van der Waals surface area contributed by atoms with Crippen LogP contribution in [0.25, 0.3) is 11.7 Å². The van der Waals surface area contributed by atoms with Crippen LogP contribution in [0.3, 0.4) is 0 Å². The van der Waals surface area contributed by atoms with Crippen LogP contribution in [0.1, 0.15) is 18.2 Å². The van der Waals surface area contributed by atoms with Gasteiger partial charge in [0.2, 0.25) is 5.91 Å². The first-order chi connectivity index (χ1) is 14.2. The van der Waals surface area contributed by atoms with Crippen molar-refractivity contribution >= 4 is 17.6 Å². The number of nitrogens with zero attached hydrogens (tertiary/aromatic N) is 4. The molecule has 1 aromatic carbocycles. The van der Waals surface area contributed by atoms with Crippen molar-refractivity contribution in [3.63, 3.8) is 0 Å². The summed E-state index contributed by atoms with van der Waals surface area (Å²) < 4.78 is 7.66. The number of para-hydroxylation sites is 1. The number of aromatic nitrogens is 2. The number of pyridine rings is 1. The maximum Gasteiger partial charge on any atom is 0.246 e. The Balaban J connectivity index is 1.31. The van der Waals surface area contributed by atoms with E-state index in [1.54, 1.807) is 6.08 Å². The van der Waals surface area contributed by atoms with Crippen molar-refractivity contribution in [3.8, 4) is 5.75 Å². The summed E-state index contributed by atoms with van der Waals surface area (Å²) in [5.74, 6) is 0.847. The van der Waals surface area contributed by atoms with Gasteiger partial charge in [0.15, 0.2) is 0 Å². The lowest BCUT2D eigenvalue weighted by Gasteiger charge is -2.33. The Labute approximate surface area is 171 Å². The number of hydrogen-bond acceptors (Lipinski definition) is 4. The van der Waals surface area contributed by atoms with Gasteiger partial charge in [-0.3, -0.25) is 9.69 Å². The van der Waals surface area contributed by atoms with Crippen molar-refractivity contribution in [2.45, 2.75) is 13.5 Å². The Kier molecular flexibility index (Phi) is 5.91. The highest BCUT2D eigenvalue weighted by Crippen LogP contribution is 2.19. The second-order valence-electron chi connectivity index (χ2n) is 7.10. The Bertz CT molecular complexity index is 970. The largest absolute Gasteiger partial charge is 0.493 e. The summed E-state index contributed by atoms with van der Waals surface area (Å²) in [6, 6.07) is 13.8. The monoisotopic (exact) mass is 390 g/mol. The second kappa shape index (κ2) is 8.92. The highest BCUT2D eigenvalue weighted by Gasteiger charge is 2.20. The number of amides is 1. The lowest BCUT2D eigenvalue weighted by Crippen LogP contribution is -2.47. The molecule has 6 heteroatoms. The summed E-state index contributed by atoms with van der Waals surface area (Å²) in [7, 11) is 0. The van der Waals surface area contributed by atoms with E-state index in [1.807, 2.05) is 71.0 Å². The number of rotatable bonds is 6. The fraction of sp³-hybridized carbons (Fsp3) is 0.304. The third-order valence-electron chi connectivity index (χ3n) is 5.11. The van der Waals surface area contributed by atoms with Gasteiger partial charge in [0, 0.05) is 56.8 Å². The fourth-order valence-electron chi connectivity index (χ4n) is 3.59. The van der Waals surface area contributed by atoms with E-state index < -0.39 is 0 Å². The predicted octanol–water partition coefficient (Wildman–Crippen LogP) is 3.09. The Morgan fingerprint density at radius 2 is 1.90 bits per heavy atom. The first-order valence-electron chi connectivity index (χ1n) is 10.1. The van der Waals surface area contributed by atoms with Crippen LogP contribution in [0.2, 0.25) is 0 Å². The first-order valence-corrected chi connectivity index (χ1v) is 10.1. The van der Waals surface area contributed by atoms with Gasteiger partial charge in [0.05, 0.1) is 12.3 Å². The molecule has 3 heterocycles. The van der Waals surface area contributed by atoms with Crippen molar-refractivity contribution in [1.29, 1.82) is 0 Å². The average Bonchev–Trinajstić information content (AvgIpc) is 3.16. The molecule has 0 spiro atoms. The number of benzene rings is 1. The highest BCUT2D eigenvalue weighted by molar-refractivity contribution is 5.92. The number of imidazole rings is 1. The maximum atomic E-state index is 12.6. The molecule has 1 saturated heterocycles. The molecule has 2 aromatic heterocycles. The smallest absolute Gasteiger partial charge is 0.246 e. The summed E-state index contributed by atoms with van der Waals surface area (Å²) in [6.07, 6.45) is 7.58. The molecular formula is C23H26N4O2. The van der Waals surface area contributed by atoms with E-state index in [-0.39, 0.29) is 5.91 Å². The SMILES string of the molecule is CCOc1ccccc1/C=C/C(=O)N1CCN(Cc2cn3ccccc3n2)CC1. The van der Waals surface area contributed by atoms with E-state index in [0.29, 0.717) is 6.61 Å². The molecular weight excluding hydrogens is 364 g/mol. The summed E-state index contributed by atoms with van der Waals surface area (Å²) in [5.41, 5.74) is 2.95. The van der Waals surface area contributed by atoms with Crippen LogP contribution in [-0.2, 0) is 11.3 Å². The molecule has 1 fully saturated rings. The number of carbonyl (C=O) groups excluding carboxylic acids is 1. The van der Waals surface area contributed by atoms with E-state index in [1.165, 1.54) is 0 Å². The molecule has 0 saturated carbocycles. The minimum atomic E-state index is 0.0451. The van der Waals surface area contributed by atoms with Crippen LogP contribution in [-0.4, -0.2) is 57.9 Å². The van der Waals surface area contributed by atoms with Crippen LogP contribution in [0, 0.1) is 0 Å². The standard InChI is InChI=1S/C23H26N4O2/c1-2-29-21-8-4-3-7-19(21)10-11-23(28)26-15-13-25(14-16-26)17-20-18-27-12-6-5-9-22(27)24-20/h3-12,18H,2,13-17H2,1H3/b11-10+. The number of hydrogen-bond donors (Lipinski definition) is 0. The minimum absolute atomic E-state index is 0.0451. The van der Waals surface area contributed by atoms with Crippen molar-refractivity contribution in [3.05, 3.63) is 72.2 Å². The molecule has 0 bridgehead atoms. The molecule has 0 aliphatic carbocycles. The van der Waals surface area contributed by atoms with Crippen molar-refractivity contribution < 1.29 is 9.53 Å². The molecule has 29 heavy (non-hydrogen) atoms. The van der Waals surface area contributed by atoms with Crippen LogP contribution in [0.15, 0.2) is 60.9 Å². The summed E-state index contributed by atoms with van der Waals surface area (Å²) >= 11 is 0. The maximum absolute atomic E-state index is 12.6. The van der Waals surface area contributed by atoms with Crippen LogP contribution in [0.4, 0.5) is 0 Å². The fourth-order valence-corrected chi connectivity index (χ4v) is 3.59. The van der Waals surface area contributed by atoms with Crippen molar-refractivity contribution in [2.24, 2.45) is 0 Å². The van der Waals surface area contributed by atoms with Gasteiger partial charge in [0.1, 0.15) is 11.4 Å². The van der Waals surface area contributed by atoms with E-state index in [0.717, 1.165) is 55.4 Å². The number of piperazine rings is 1. The highest BCUT2D eigenvalue weighted by atomic mass is 16.5. The minimum Gasteiger partial charge on any atom is -0.493 e. The van der Waals surface area contributed by atoms with Gasteiger partial charge in [-0.25, -0.2) is 4.98 Å². The van der Waals surface area contributed by atoms with Gasteiger partial charge >= 0.3 is 0 Å². The lowest BCUT2D eigenvalue weighted by molar-refractivity contribution is -0.127. The molecule has 3 aromatic rings. The van der Waals surface area contributed by atoms with Gasteiger partial charge in [-0.2, -0.15) is 0 Å². The predicted molar refractivity (Wildman–Crippen MR) is 114 cm³/mol. The van der Waals surface area contributed by atoms with Gasteiger partial charge < -0.3 is 14.0 Å². The Morgan fingerprint density at radius 1 is 1.10 bits per heavy atom. The van der Waals surface area contributed by atoms with E-state index >= 15 is 0 Å². The molecule has 1 amide bonds. The third kappa shape index (κ3) is 4.66. The summed E-state index contributed by atoms with van der Waals surface area (Å²) in [4.78, 5) is 21.5. The topological polar surface area (TPSA) is 50.1 Å². The van der Waals surface area contributed by atoms with Crippen molar-refractivity contribution in [1.82, 2.24) is 19.2 Å². The molecule has 1 aliphatic rings. The van der Waals surface area contributed by atoms with Gasteiger partial charge in [-0.15, -0.1) is 0 Å². The molecule has 6 nitrogen and oxygen atoms in total. The summed E-state index contributed by atoms with van der Waals surface area (Å²) in [6.45, 7) is 6.52. The van der Waals surface area contributed by atoms with Gasteiger partial charge in [-0.05, 0) is 31.2 Å². The zero-order chi connectivity index (χ0) is 20.1. The molecule has 150 valence electrons. The average molecular weight is 390 g/mol. The van der Waals surface area contributed by atoms with Crippen molar-refractivity contribution in [2.75, 3.05) is 32.8 Å². The molecule has 4 rings (SSSR count). The van der Waals surface area contributed by atoms with E-state index in [9.17, 15) is 4.79 Å². The zero-order valence-corrected chi connectivity index (χ0v) is 16.7. The molecule has 0 radical (unpaired) electrons. The number of fused-ring (bicyclic) bond motifs is 1. The molecule has 0 N–H and O–H groups in total. The normalized spacial score (nSPS) is 15.3. The summed E-state index contributed by atoms with van der Waals surface area (Å²) in [5, 5.41) is 0. The van der Waals surface area contributed by atoms with Crippen LogP contribution < -0.4 is 4.74 Å². The molecule has 0 unspecified atom stereocenters. The Hall–Kier alpha value is -3.12. The zero-order valence-electron chi connectivity index (χ0n) is 16.7. The second-order valence-corrected chi connectivity index (χ2v) is 7.10. The quantitative estimate of drug-likeness (QED) is 0.607. The lowest BCUT2D eigenvalue weighted by atomic mass is 10.2. The van der Waals surface area contributed by atoms with Gasteiger partial charge in [-0.1, -0.05) is 24.3 Å². The third-order valence-corrected chi connectivity index (χ3v) is 5.11. The van der Waals surface area contributed by atoms with Crippen LogP contribution >= 0.6 is 0 Å². The molecule has 1 aliphatic heterocycles. The number of carbonyl (C=O) groups is 1. The van der Waals surface area contributed by atoms with E-state index in [2.05, 4.69) is 16.1 Å². The number of ether oxygens (including phenoxy) is 1. The van der Waals surface area contributed by atoms with Gasteiger partial charge in [0.25, 0.3) is 0 Å².